The van der Waals surface area contributed by atoms with E-state index in [-0.39, 0.29) is 23.3 Å². The number of fused-ring (bicyclic) bond motifs is 1. The van der Waals surface area contributed by atoms with E-state index in [4.69, 9.17) is 0 Å². The molecule has 2 amide bonds. The SMILES string of the molecule is CCn1nc(C)c(CCNC(=O)c2nnn3c2C(=O)N[C@@H](c2ccccc2)C3)c1C. The molecule has 9 heteroatoms. The van der Waals surface area contributed by atoms with Crippen LogP contribution < -0.4 is 10.6 Å². The molecule has 0 spiro atoms. The highest BCUT2D eigenvalue weighted by Crippen LogP contribution is 2.21. The van der Waals surface area contributed by atoms with Gasteiger partial charge < -0.3 is 10.6 Å². The van der Waals surface area contributed by atoms with Crippen LogP contribution in [-0.4, -0.2) is 43.1 Å². The van der Waals surface area contributed by atoms with Crippen LogP contribution >= 0.6 is 0 Å². The highest BCUT2D eigenvalue weighted by atomic mass is 16.2. The van der Waals surface area contributed by atoms with E-state index >= 15 is 0 Å². The van der Waals surface area contributed by atoms with Gasteiger partial charge in [0.25, 0.3) is 11.8 Å². The Labute approximate surface area is 174 Å². The Bertz CT molecular complexity index is 1080. The Morgan fingerprint density at radius 3 is 2.73 bits per heavy atom. The van der Waals surface area contributed by atoms with Gasteiger partial charge in [-0.3, -0.25) is 14.3 Å². The molecule has 1 aliphatic rings. The zero-order valence-corrected chi connectivity index (χ0v) is 17.3. The summed E-state index contributed by atoms with van der Waals surface area (Å²) in [5.74, 6) is -0.746. The lowest BCUT2D eigenvalue weighted by atomic mass is 10.0. The van der Waals surface area contributed by atoms with Crippen molar-refractivity contribution >= 4 is 11.8 Å². The van der Waals surface area contributed by atoms with Crippen molar-refractivity contribution in [1.82, 2.24) is 35.4 Å². The number of hydrogen-bond acceptors (Lipinski definition) is 5. The zero-order valence-electron chi connectivity index (χ0n) is 17.3. The molecule has 0 radical (unpaired) electrons. The molecule has 0 unspecified atom stereocenters. The maximum Gasteiger partial charge on any atom is 0.274 e. The summed E-state index contributed by atoms with van der Waals surface area (Å²) in [4.78, 5) is 25.3. The summed E-state index contributed by atoms with van der Waals surface area (Å²) in [5, 5.41) is 18.3. The maximum atomic E-state index is 12.7. The molecule has 9 nitrogen and oxygen atoms in total. The number of nitrogens with one attached hydrogen (secondary N) is 2. The summed E-state index contributed by atoms with van der Waals surface area (Å²) in [5.41, 5.74) is 4.44. The molecule has 2 N–H and O–H groups in total. The summed E-state index contributed by atoms with van der Waals surface area (Å²) < 4.78 is 3.46. The van der Waals surface area contributed by atoms with Crippen LogP contribution in [0, 0.1) is 13.8 Å². The number of aromatic nitrogens is 5. The van der Waals surface area contributed by atoms with E-state index in [0.717, 1.165) is 29.1 Å². The fourth-order valence-electron chi connectivity index (χ4n) is 3.93. The smallest absolute Gasteiger partial charge is 0.274 e. The van der Waals surface area contributed by atoms with Crippen LogP contribution in [0.3, 0.4) is 0 Å². The normalized spacial score (nSPS) is 15.6. The second-order valence-corrected chi connectivity index (χ2v) is 7.38. The summed E-state index contributed by atoms with van der Waals surface area (Å²) in [6.07, 6.45) is 0.662. The molecule has 1 atom stereocenters. The fourth-order valence-corrected chi connectivity index (χ4v) is 3.93. The van der Waals surface area contributed by atoms with Gasteiger partial charge in [0.15, 0.2) is 11.4 Å². The molecule has 4 rings (SSSR count). The van der Waals surface area contributed by atoms with Crippen molar-refractivity contribution in [3.63, 3.8) is 0 Å². The predicted octanol–water partition coefficient (Wildman–Crippen LogP) is 1.57. The van der Waals surface area contributed by atoms with Gasteiger partial charge in [-0.05, 0) is 38.3 Å². The van der Waals surface area contributed by atoms with Gasteiger partial charge in [-0.15, -0.1) is 5.10 Å². The second kappa shape index (κ2) is 8.10. The first kappa shape index (κ1) is 19.8. The first-order valence-electron chi connectivity index (χ1n) is 10.1. The van der Waals surface area contributed by atoms with Crippen molar-refractivity contribution in [2.75, 3.05) is 6.54 Å². The maximum absolute atomic E-state index is 12.7. The van der Waals surface area contributed by atoms with Crippen LogP contribution in [0.4, 0.5) is 0 Å². The van der Waals surface area contributed by atoms with Crippen LogP contribution in [-0.2, 0) is 19.5 Å². The minimum Gasteiger partial charge on any atom is -0.350 e. The third kappa shape index (κ3) is 3.58. The molecule has 3 heterocycles. The van der Waals surface area contributed by atoms with Crippen LogP contribution in [0.5, 0.6) is 0 Å². The number of amides is 2. The molecule has 3 aromatic rings. The lowest BCUT2D eigenvalue weighted by Crippen LogP contribution is -2.40. The van der Waals surface area contributed by atoms with E-state index in [9.17, 15) is 9.59 Å². The molecule has 0 bridgehead atoms. The van der Waals surface area contributed by atoms with Crippen LogP contribution in [0.2, 0.25) is 0 Å². The number of nitrogens with zero attached hydrogens (tertiary/aromatic N) is 5. The highest BCUT2D eigenvalue weighted by molar-refractivity contribution is 6.05. The Morgan fingerprint density at radius 1 is 1.27 bits per heavy atom. The van der Waals surface area contributed by atoms with Crippen molar-refractivity contribution in [3.05, 3.63) is 64.2 Å². The average Bonchev–Trinajstić information content (AvgIpc) is 3.30. The topological polar surface area (TPSA) is 107 Å². The molecule has 30 heavy (non-hydrogen) atoms. The number of aryl methyl sites for hydroxylation is 2. The molecule has 0 saturated carbocycles. The quantitative estimate of drug-likeness (QED) is 0.645. The Kier molecular flexibility index (Phi) is 5.35. The van der Waals surface area contributed by atoms with Gasteiger partial charge in [-0.2, -0.15) is 5.10 Å². The van der Waals surface area contributed by atoms with Gasteiger partial charge in [0.05, 0.1) is 18.3 Å². The average molecular weight is 407 g/mol. The summed E-state index contributed by atoms with van der Waals surface area (Å²) in [6.45, 7) is 7.72. The molecule has 1 aromatic carbocycles. The van der Waals surface area contributed by atoms with Crippen LogP contribution in [0.15, 0.2) is 30.3 Å². The molecule has 0 fully saturated rings. The first-order chi connectivity index (χ1) is 14.5. The molecule has 0 aliphatic carbocycles. The standard InChI is InChI=1S/C21H25N7O2/c1-4-27-14(3)16(13(2)25-27)10-11-22-20(29)18-19-21(30)23-17(12-28(19)26-24-18)15-8-6-5-7-9-15/h5-9,17H,4,10-12H2,1-3H3,(H,22,29)(H,23,30)/t17-/m1/s1. The number of carbonyl (C=O) groups excluding carboxylic acids is 2. The van der Waals surface area contributed by atoms with Crippen LogP contribution in [0.25, 0.3) is 0 Å². The monoisotopic (exact) mass is 407 g/mol. The highest BCUT2D eigenvalue weighted by Gasteiger charge is 2.32. The molecule has 2 aromatic heterocycles. The number of carbonyl (C=O) groups is 2. The summed E-state index contributed by atoms with van der Waals surface area (Å²) in [7, 11) is 0. The minimum atomic E-state index is -0.400. The van der Waals surface area contributed by atoms with Crippen molar-refractivity contribution in [2.45, 2.75) is 46.3 Å². The summed E-state index contributed by atoms with van der Waals surface area (Å²) in [6, 6.07) is 9.46. The van der Waals surface area contributed by atoms with Crippen molar-refractivity contribution in [1.29, 1.82) is 0 Å². The lowest BCUT2D eigenvalue weighted by molar-refractivity contribution is 0.0876. The van der Waals surface area contributed by atoms with E-state index in [0.29, 0.717) is 19.5 Å². The van der Waals surface area contributed by atoms with Crippen LogP contribution in [0.1, 0.15) is 56.5 Å². The van der Waals surface area contributed by atoms with Crippen molar-refractivity contribution in [2.24, 2.45) is 0 Å². The van der Waals surface area contributed by atoms with Gasteiger partial charge >= 0.3 is 0 Å². The van der Waals surface area contributed by atoms with Crippen molar-refractivity contribution < 1.29 is 9.59 Å². The number of hydrogen-bond donors (Lipinski definition) is 2. The predicted molar refractivity (Wildman–Crippen MR) is 110 cm³/mol. The molecule has 156 valence electrons. The Balaban J connectivity index is 1.44. The Hall–Kier alpha value is -3.49. The van der Waals surface area contributed by atoms with E-state index in [1.807, 2.05) is 55.8 Å². The van der Waals surface area contributed by atoms with E-state index in [2.05, 4.69) is 26.0 Å². The zero-order chi connectivity index (χ0) is 21.3. The largest absolute Gasteiger partial charge is 0.350 e. The Morgan fingerprint density at radius 2 is 2.03 bits per heavy atom. The van der Waals surface area contributed by atoms with E-state index < -0.39 is 5.91 Å². The van der Waals surface area contributed by atoms with Gasteiger partial charge in [0, 0.05) is 18.8 Å². The summed E-state index contributed by atoms with van der Waals surface area (Å²) >= 11 is 0. The van der Waals surface area contributed by atoms with E-state index in [1.54, 1.807) is 0 Å². The number of rotatable bonds is 6. The molecule has 0 saturated heterocycles. The molecule has 1 aliphatic heterocycles. The van der Waals surface area contributed by atoms with Gasteiger partial charge in [0.2, 0.25) is 0 Å². The third-order valence-corrected chi connectivity index (χ3v) is 5.52. The second-order valence-electron chi connectivity index (χ2n) is 7.38. The lowest BCUT2D eigenvalue weighted by Gasteiger charge is -2.24. The first-order valence-corrected chi connectivity index (χ1v) is 10.1. The van der Waals surface area contributed by atoms with Crippen molar-refractivity contribution in [3.8, 4) is 0 Å². The van der Waals surface area contributed by atoms with Gasteiger partial charge in [-0.25, -0.2) is 4.68 Å². The fraction of sp³-hybridized carbons (Fsp3) is 0.381. The van der Waals surface area contributed by atoms with Gasteiger partial charge in [-0.1, -0.05) is 35.5 Å². The van der Waals surface area contributed by atoms with Gasteiger partial charge in [0.1, 0.15) is 0 Å². The van der Waals surface area contributed by atoms with E-state index in [1.165, 1.54) is 4.68 Å². The number of benzene rings is 1. The molecular formula is C21H25N7O2. The minimum absolute atomic E-state index is 0.0525. The molecular weight excluding hydrogens is 382 g/mol. The third-order valence-electron chi connectivity index (χ3n) is 5.52.